The molecular formula is C10H15N3. The molecule has 0 aliphatic heterocycles. The van der Waals surface area contributed by atoms with Gasteiger partial charge >= 0.3 is 0 Å². The first-order chi connectivity index (χ1) is 6.45. The minimum Gasteiger partial charge on any atom is -0.310 e. The SMILES string of the molecule is c1cnc(CNCC2CCC2)nc1. The second-order valence-electron chi connectivity index (χ2n) is 3.59. The smallest absolute Gasteiger partial charge is 0.141 e. The summed E-state index contributed by atoms with van der Waals surface area (Å²) in [5.41, 5.74) is 0. The molecule has 0 amide bonds. The van der Waals surface area contributed by atoms with E-state index in [4.69, 9.17) is 0 Å². The summed E-state index contributed by atoms with van der Waals surface area (Å²) in [5.74, 6) is 1.80. The summed E-state index contributed by atoms with van der Waals surface area (Å²) in [6.07, 6.45) is 7.76. The second kappa shape index (κ2) is 4.33. The first-order valence-corrected chi connectivity index (χ1v) is 4.92. The number of nitrogens with one attached hydrogen (secondary N) is 1. The molecule has 0 radical (unpaired) electrons. The number of aromatic nitrogens is 2. The third-order valence-corrected chi connectivity index (χ3v) is 2.56. The number of rotatable bonds is 4. The van der Waals surface area contributed by atoms with Crippen molar-refractivity contribution in [2.75, 3.05) is 6.54 Å². The van der Waals surface area contributed by atoms with Crippen LogP contribution >= 0.6 is 0 Å². The van der Waals surface area contributed by atoms with Gasteiger partial charge in [-0.05, 0) is 31.4 Å². The maximum absolute atomic E-state index is 4.15. The topological polar surface area (TPSA) is 37.8 Å². The van der Waals surface area contributed by atoms with Crippen LogP contribution in [0.3, 0.4) is 0 Å². The highest BCUT2D eigenvalue weighted by atomic mass is 15.0. The highest BCUT2D eigenvalue weighted by Crippen LogP contribution is 2.25. The van der Waals surface area contributed by atoms with Crippen LogP contribution in [0.2, 0.25) is 0 Å². The highest BCUT2D eigenvalue weighted by molar-refractivity contribution is 4.88. The van der Waals surface area contributed by atoms with Crippen molar-refractivity contribution in [3.63, 3.8) is 0 Å². The molecule has 2 rings (SSSR count). The Hall–Kier alpha value is -0.960. The zero-order valence-corrected chi connectivity index (χ0v) is 7.74. The van der Waals surface area contributed by atoms with Gasteiger partial charge in [0.05, 0.1) is 6.54 Å². The Morgan fingerprint density at radius 3 is 2.69 bits per heavy atom. The molecule has 3 heteroatoms. The van der Waals surface area contributed by atoms with Gasteiger partial charge in [-0.1, -0.05) is 6.42 Å². The van der Waals surface area contributed by atoms with E-state index in [0.717, 1.165) is 24.8 Å². The summed E-state index contributed by atoms with van der Waals surface area (Å²) >= 11 is 0. The van der Waals surface area contributed by atoms with Gasteiger partial charge in [0.2, 0.25) is 0 Å². The fourth-order valence-electron chi connectivity index (χ4n) is 1.51. The Morgan fingerprint density at radius 1 is 1.31 bits per heavy atom. The summed E-state index contributed by atoms with van der Waals surface area (Å²) in [4.78, 5) is 8.29. The van der Waals surface area contributed by atoms with Crippen LogP contribution < -0.4 is 5.32 Å². The highest BCUT2D eigenvalue weighted by Gasteiger charge is 2.16. The van der Waals surface area contributed by atoms with Gasteiger partial charge in [0.15, 0.2) is 0 Å². The average Bonchev–Trinajstić information content (AvgIpc) is 2.11. The van der Waals surface area contributed by atoms with Crippen LogP contribution in [0.25, 0.3) is 0 Å². The molecule has 0 bridgehead atoms. The maximum atomic E-state index is 4.15. The van der Waals surface area contributed by atoms with E-state index < -0.39 is 0 Å². The van der Waals surface area contributed by atoms with E-state index in [0.29, 0.717) is 0 Å². The van der Waals surface area contributed by atoms with Crippen molar-refractivity contribution in [3.05, 3.63) is 24.3 Å². The molecule has 1 aromatic rings. The first-order valence-electron chi connectivity index (χ1n) is 4.92. The molecule has 1 aliphatic carbocycles. The fourth-order valence-corrected chi connectivity index (χ4v) is 1.51. The predicted octanol–water partition coefficient (Wildman–Crippen LogP) is 1.37. The normalized spacial score (nSPS) is 16.9. The van der Waals surface area contributed by atoms with E-state index >= 15 is 0 Å². The van der Waals surface area contributed by atoms with Crippen LogP contribution in [0.1, 0.15) is 25.1 Å². The quantitative estimate of drug-likeness (QED) is 0.754. The van der Waals surface area contributed by atoms with Crippen LogP contribution in [-0.4, -0.2) is 16.5 Å². The molecule has 0 atom stereocenters. The monoisotopic (exact) mass is 177 g/mol. The lowest BCUT2D eigenvalue weighted by molar-refractivity contribution is 0.300. The molecule has 70 valence electrons. The molecule has 1 heterocycles. The standard InChI is InChI=1S/C10H15N3/c1-3-9(4-1)7-11-8-10-12-5-2-6-13-10/h2,5-6,9,11H,1,3-4,7-8H2. The van der Waals surface area contributed by atoms with E-state index in [9.17, 15) is 0 Å². The van der Waals surface area contributed by atoms with Crippen LogP contribution in [0.15, 0.2) is 18.5 Å². The molecule has 0 unspecified atom stereocenters. The maximum Gasteiger partial charge on any atom is 0.141 e. The van der Waals surface area contributed by atoms with Gasteiger partial charge in [0.1, 0.15) is 5.82 Å². The van der Waals surface area contributed by atoms with E-state index in [-0.39, 0.29) is 0 Å². The van der Waals surface area contributed by atoms with E-state index in [1.807, 2.05) is 6.07 Å². The minimum atomic E-state index is 0.803. The molecule has 1 N–H and O–H groups in total. The van der Waals surface area contributed by atoms with Crippen molar-refractivity contribution in [2.45, 2.75) is 25.8 Å². The molecule has 0 saturated heterocycles. The average molecular weight is 177 g/mol. The van der Waals surface area contributed by atoms with Crippen LogP contribution in [0.4, 0.5) is 0 Å². The van der Waals surface area contributed by atoms with Crippen molar-refractivity contribution in [2.24, 2.45) is 5.92 Å². The number of hydrogen-bond donors (Lipinski definition) is 1. The Balaban J connectivity index is 1.67. The van der Waals surface area contributed by atoms with Crippen molar-refractivity contribution in [3.8, 4) is 0 Å². The minimum absolute atomic E-state index is 0.803. The lowest BCUT2D eigenvalue weighted by atomic mass is 9.85. The van der Waals surface area contributed by atoms with Gasteiger partial charge in [-0.25, -0.2) is 9.97 Å². The van der Waals surface area contributed by atoms with Crippen molar-refractivity contribution in [1.29, 1.82) is 0 Å². The summed E-state index contributed by atoms with van der Waals surface area (Å²) < 4.78 is 0. The Kier molecular flexibility index (Phi) is 2.87. The van der Waals surface area contributed by atoms with Gasteiger partial charge in [0.25, 0.3) is 0 Å². The first kappa shape index (κ1) is 8.63. The van der Waals surface area contributed by atoms with Crippen LogP contribution in [-0.2, 0) is 6.54 Å². The predicted molar refractivity (Wildman–Crippen MR) is 51.1 cm³/mol. The third kappa shape index (κ3) is 2.49. The summed E-state index contributed by atoms with van der Waals surface area (Å²) in [6.45, 7) is 1.93. The lowest BCUT2D eigenvalue weighted by Crippen LogP contribution is -2.27. The summed E-state index contributed by atoms with van der Waals surface area (Å²) in [5, 5.41) is 3.38. The van der Waals surface area contributed by atoms with E-state index in [2.05, 4.69) is 15.3 Å². The molecule has 1 fully saturated rings. The van der Waals surface area contributed by atoms with Gasteiger partial charge in [-0.15, -0.1) is 0 Å². The molecule has 1 saturated carbocycles. The molecule has 0 spiro atoms. The van der Waals surface area contributed by atoms with Gasteiger partial charge in [-0.2, -0.15) is 0 Å². The van der Waals surface area contributed by atoms with Crippen molar-refractivity contribution >= 4 is 0 Å². The third-order valence-electron chi connectivity index (χ3n) is 2.56. The zero-order chi connectivity index (χ0) is 8.93. The lowest BCUT2D eigenvalue weighted by Gasteiger charge is -2.25. The van der Waals surface area contributed by atoms with Gasteiger partial charge in [-0.3, -0.25) is 0 Å². The Bertz CT molecular complexity index is 244. The number of nitrogens with zero attached hydrogens (tertiary/aromatic N) is 2. The van der Waals surface area contributed by atoms with Crippen molar-refractivity contribution in [1.82, 2.24) is 15.3 Å². The molecule has 1 aromatic heterocycles. The summed E-state index contributed by atoms with van der Waals surface area (Å²) in [7, 11) is 0. The number of hydrogen-bond acceptors (Lipinski definition) is 3. The zero-order valence-electron chi connectivity index (χ0n) is 7.74. The molecule has 3 nitrogen and oxygen atoms in total. The van der Waals surface area contributed by atoms with Gasteiger partial charge in [0, 0.05) is 12.4 Å². The van der Waals surface area contributed by atoms with Crippen molar-refractivity contribution < 1.29 is 0 Å². The fraction of sp³-hybridized carbons (Fsp3) is 0.600. The summed E-state index contributed by atoms with van der Waals surface area (Å²) in [6, 6.07) is 1.84. The van der Waals surface area contributed by atoms with E-state index in [1.165, 1.54) is 19.3 Å². The van der Waals surface area contributed by atoms with Gasteiger partial charge < -0.3 is 5.32 Å². The largest absolute Gasteiger partial charge is 0.310 e. The molecule has 13 heavy (non-hydrogen) atoms. The Morgan fingerprint density at radius 2 is 2.08 bits per heavy atom. The van der Waals surface area contributed by atoms with Crippen LogP contribution in [0, 0.1) is 5.92 Å². The second-order valence-corrected chi connectivity index (χ2v) is 3.59. The molecule has 0 aromatic carbocycles. The van der Waals surface area contributed by atoms with Crippen LogP contribution in [0.5, 0.6) is 0 Å². The molecular weight excluding hydrogens is 162 g/mol. The van der Waals surface area contributed by atoms with E-state index in [1.54, 1.807) is 12.4 Å². The molecule has 1 aliphatic rings. The Labute approximate surface area is 78.6 Å².